The summed E-state index contributed by atoms with van der Waals surface area (Å²) in [6.45, 7) is 5.91. The van der Waals surface area contributed by atoms with Crippen molar-refractivity contribution in [1.29, 1.82) is 0 Å². The second-order valence-electron chi connectivity index (χ2n) is 8.47. The fourth-order valence-electron chi connectivity index (χ4n) is 4.42. The fourth-order valence-corrected chi connectivity index (χ4v) is 4.42. The Labute approximate surface area is 180 Å². The van der Waals surface area contributed by atoms with Crippen LogP contribution in [0.2, 0.25) is 0 Å². The molecule has 5 rings (SSSR count). The quantitative estimate of drug-likeness (QED) is 0.516. The molecule has 4 aromatic heterocycles. The Morgan fingerprint density at radius 1 is 1.06 bits per heavy atom. The highest BCUT2D eigenvalue weighted by Crippen LogP contribution is 2.30. The molecule has 0 bridgehead atoms. The molecule has 0 spiro atoms. The topological polar surface area (TPSA) is 107 Å². The first-order valence-electron chi connectivity index (χ1n) is 10.8. The van der Waals surface area contributed by atoms with Gasteiger partial charge in [0.15, 0.2) is 0 Å². The van der Waals surface area contributed by atoms with Gasteiger partial charge >= 0.3 is 0 Å². The Kier molecular flexibility index (Phi) is 4.94. The van der Waals surface area contributed by atoms with Gasteiger partial charge in [0.05, 0.1) is 23.3 Å². The van der Waals surface area contributed by atoms with Crippen molar-refractivity contribution in [2.75, 3.05) is 5.32 Å². The van der Waals surface area contributed by atoms with Gasteiger partial charge < -0.3 is 15.6 Å². The average Bonchev–Trinajstić information content (AvgIpc) is 3.33. The third-order valence-electron chi connectivity index (χ3n) is 6.15. The molecular formula is C23H27N7O. The molecule has 0 unspecified atom stereocenters. The average molecular weight is 418 g/mol. The largest absolute Gasteiger partial charge is 0.361 e. The Balaban J connectivity index is 1.52. The lowest BCUT2D eigenvalue weighted by Crippen LogP contribution is -2.33. The van der Waals surface area contributed by atoms with Crippen molar-refractivity contribution in [2.45, 2.75) is 58.5 Å². The predicted octanol–water partition coefficient (Wildman–Crippen LogP) is 4.05. The molecule has 8 heteroatoms. The van der Waals surface area contributed by atoms with Crippen LogP contribution in [0.15, 0.2) is 35.2 Å². The third kappa shape index (κ3) is 3.67. The number of anilines is 1. The molecule has 160 valence electrons. The van der Waals surface area contributed by atoms with Gasteiger partial charge in [0, 0.05) is 35.6 Å². The van der Waals surface area contributed by atoms with Crippen molar-refractivity contribution >= 4 is 11.6 Å². The van der Waals surface area contributed by atoms with Crippen molar-refractivity contribution in [2.24, 2.45) is 5.73 Å². The Hall–Kier alpha value is -3.26. The lowest BCUT2D eigenvalue weighted by molar-refractivity contribution is 0.393. The zero-order valence-electron chi connectivity index (χ0n) is 18.1. The number of nitrogens with zero attached hydrogens (tertiary/aromatic N) is 5. The molecule has 4 aromatic rings. The maximum absolute atomic E-state index is 6.04. The maximum atomic E-state index is 6.04. The summed E-state index contributed by atoms with van der Waals surface area (Å²) < 4.78 is 7.43. The molecule has 0 atom stereocenters. The number of hydrogen-bond acceptors (Lipinski definition) is 7. The molecule has 1 aliphatic rings. The summed E-state index contributed by atoms with van der Waals surface area (Å²) in [5.41, 5.74) is 12.6. The van der Waals surface area contributed by atoms with Crippen LogP contribution in [-0.4, -0.2) is 36.6 Å². The lowest BCUT2D eigenvalue weighted by atomic mass is 9.92. The van der Waals surface area contributed by atoms with Crippen LogP contribution in [0.25, 0.3) is 28.2 Å². The molecule has 0 aliphatic heterocycles. The Bertz CT molecular complexity index is 1210. The van der Waals surface area contributed by atoms with Crippen LogP contribution in [0.3, 0.4) is 0 Å². The number of hydrogen-bond donors (Lipinski definition) is 2. The van der Waals surface area contributed by atoms with Crippen molar-refractivity contribution in [3.63, 3.8) is 0 Å². The van der Waals surface area contributed by atoms with Gasteiger partial charge in [-0.3, -0.25) is 4.40 Å². The van der Waals surface area contributed by atoms with Gasteiger partial charge in [-0.25, -0.2) is 15.0 Å². The number of aryl methyl sites for hydroxylation is 3. The number of nitrogens with two attached hydrogens (primary N) is 1. The molecule has 3 N–H and O–H groups in total. The van der Waals surface area contributed by atoms with E-state index in [1.54, 1.807) is 0 Å². The van der Waals surface area contributed by atoms with Crippen molar-refractivity contribution in [3.05, 3.63) is 47.7 Å². The summed E-state index contributed by atoms with van der Waals surface area (Å²) in [5, 5.41) is 7.59. The molecule has 0 amide bonds. The smallest absolute Gasteiger partial charge is 0.223 e. The van der Waals surface area contributed by atoms with Crippen LogP contribution in [0.1, 0.15) is 42.7 Å². The maximum Gasteiger partial charge on any atom is 0.223 e. The lowest BCUT2D eigenvalue weighted by Gasteiger charge is -2.26. The van der Waals surface area contributed by atoms with E-state index in [9.17, 15) is 0 Å². The van der Waals surface area contributed by atoms with Crippen LogP contribution >= 0.6 is 0 Å². The van der Waals surface area contributed by atoms with Crippen LogP contribution in [0.4, 0.5) is 5.95 Å². The summed E-state index contributed by atoms with van der Waals surface area (Å²) >= 11 is 0. The highest BCUT2D eigenvalue weighted by atomic mass is 16.5. The third-order valence-corrected chi connectivity index (χ3v) is 6.15. The van der Waals surface area contributed by atoms with Gasteiger partial charge in [0.25, 0.3) is 0 Å². The second-order valence-corrected chi connectivity index (χ2v) is 8.47. The molecule has 0 radical (unpaired) electrons. The van der Waals surface area contributed by atoms with E-state index in [4.69, 9.17) is 15.2 Å². The highest BCUT2D eigenvalue weighted by molar-refractivity contribution is 5.71. The van der Waals surface area contributed by atoms with Gasteiger partial charge in [0.1, 0.15) is 11.4 Å². The van der Waals surface area contributed by atoms with Gasteiger partial charge in [-0.1, -0.05) is 5.16 Å². The number of rotatable bonds is 4. The molecule has 4 heterocycles. The first-order valence-corrected chi connectivity index (χ1v) is 10.8. The van der Waals surface area contributed by atoms with Crippen LogP contribution in [-0.2, 0) is 0 Å². The van der Waals surface area contributed by atoms with Crippen LogP contribution in [0, 0.1) is 20.8 Å². The normalized spacial score (nSPS) is 19.1. The number of aromatic nitrogens is 5. The van der Waals surface area contributed by atoms with Crippen molar-refractivity contribution in [3.8, 4) is 22.5 Å². The molecule has 0 aromatic carbocycles. The SMILES string of the molecule is Cc1cnc(NC2CCC(N)CC2)nc1-c1cnc2ccc(-c3c(C)noc3C)cn12. The van der Waals surface area contributed by atoms with E-state index in [-0.39, 0.29) is 0 Å². The van der Waals surface area contributed by atoms with Gasteiger partial charge in [-0.05, 0) is 64.2 Å². The predicted molar refractivity (Wildman–Crippen MR) is 120 cm³/mol. The molecule has 31 heavy (non-hydrogen) atoms. The zero-order chi connectivity index (χ0) is 21.5. The number of fused-ring (bicyclic) bond motifs is 1. The summed E-state index contributed by atoms with van der Waals surface area (Å²) in [4.78, 5) is 14.0. The number of nitrogens with one attached hydrogen (secondary N) is 1. The first-order chi connectivity index (χ1) is 15.0. The van der Waals surface area contributed by atoms with Crippen LogP contribution in [0.5, 0.6) is 0 Å². The minimum Gasteiger partial charge on any atom is -0.361 e. The molecule has 1 aliphatic carbocycles. The fraction of sp³-hybridized carbons (Fsp3) is 0.391. The summed E-state index contributed by atoms with van der Waals surface area (Å²) in [6, 6.07) is 4.74. The van der Waals surface area contributed by atoms with E-state index >= 15 is 0 Å². The first kappa shape index (κ1) is 19.7. The monoisotopic (exact) mass is 417 g/mol. The second kappa shape index (κ2) is 7.77. The van der Waals surface area contributed by atoms with E-state index in [0.717, 1.165) is 70.9 Å². The van der Waals surface area contributed by atoms with E-state index in [1.807, 2.05) is 45.3 Å². The highest BCUT2D eigenvalue weighted by Gasteiger charge is 2.20. The minimum atomic E-state index is 0.317. The minimum absolute atomic E-state index is 0.317. The Morgan fingerprint density at radius 3 is 2.61 bits per heavy atom. The number of pyridine rings is 1. The van der Waals surface area contributed by atoms with Gasteiger partial charge in [-0.2, -0.15) is 0 Å². The van der Waals surface area contributed by atoms with Crippen molar-refractivity contribution in [1.82, 2.24) is 24.5 Å². The summed E-state index contributed by atoms with van der Waals surface area (Å²) in [6.07, 6.45) is 9.97. The van der Waals surface area contributed by atoms with E-state index < -0.39 is 0 Å². The Morgan fingerprint density at radius 2 is 1.87 bits per heavy atom. The molecule has 8 nitrogen and oxygen atoms in total. The zero-order valence-corrected chi connectivity index (χ0v) is 18.1. The van der Waals surface area contributed by atoms with Gasteiger partial charge in [-0.15, -0.1) is 0 Å². The summed E-state index contributed by atoms with van der Waals surface area (Å²) in [5.74, 6) is 1.45. The molecule has 1 fully saturated rings. The standard InChI is InChI=1S/C23H27N7O/c1-13-10-26-23(27-18-7-5-17(24)6-8-18)28-22(13)19-11-25-20-9-4-16(12-30(19)20)21-14(2)29-31-15(21)3/h4,9-12,17-18H,5-8,24H2,1-3H3,(H,26,27,28). The summed E-state index contributed by atoms with van der Waals surface area (Å²) in [7, 11) is 0. The molecule has 0 saturated heterocycles. The molecule has 1 saturated carbocycles. The van der Waals surface area contributed by atoms with Crippen LogP contribution < -0.4 is 11.1 Å². The van der Waals surface area contributed by atoms with E-state index in [0.29, 0.717) is 18.0 Å². The molecular weight excluding hydrogens is 390 g/mol. The van der Waals surface area contributed by atoms with E-state index in [1.165, 1.54) is 0 Å². The van der Waals surface area contributed by atoms with Gasteiger partial charge in [0.2, 0.25) is 5.95 Å². The number of imidazole rings is 1. The van der Waals surface area contributed by atoms with Crippen molar-refractivity contribution < 1.29 is 4.52 Å². The van der Waals surface area contributed by atoms with E-state index in [2.05, 4.69) is 31.0 Å².